The van der Waals surface area contributed by atoms with E-state index in [1.165, 1.54) is 0 Å². The first-order valence-corrected chi connectivity index (χ1v) is 10.1. The van der Waals surface area contributed by atoms with Crippen LogP contribution < -0.4 is 5.32 Å². The Morgan fingerprint density at radius 3 is 2.36 bits per heavy atom. The van der Waals surface area contributed by atoms with Gasteiger partial charge in [-0.3, -0.25) is 9.79 Å². The summed E-state index contributed by atoms with van der Waals surface area (Å²) in [6.45, 7) is 8.80. The maximum atomic E-state index is 12.4. The van der Waals surface area contributed by atoms with Gasteiger partial charge in [-0.05, 0) is 38.5 Å². The lowest BCUT2D eigenvalue weighted by molar-refractivity contribution is 0.0773. The SMILES string of the molecule is CCN(CC)C(=O)c1ccc(CNC(=NC)N(C)Cc2csc(C)n2)cc1.I. The number of thiazole rings is 1. The molecule has 1 heterocycles. The van der Waals surface area contributed by atoms with Crippen LogP contribution in [-0.4, -0.2) is 53.8 Å². The van der Waals surface area contributed by atoms with Gasteiger partial charge in [0.15, 0.2) is 5.96 Å². The quantitative estimate of drug-likeness (QED) is 0.347. The number of aliphatic imine (C=N–C) groups is 1. The van der Waals surface area contributed by atoms with Crippen molar-refractivity contribution < 1.29 is 4.79 Å². The van der Waals surface area contributed by atoms with Crippen molar-refractivity contribution >= 4 is 47.2 Å². The third-order valence-corrected chi connectivity index (χ3v) is 5.16. The molecule has 154 valence electrons. The van der Waals surface area contributed by atoms with Gasteiger partial charge in [-0.2, -0.15) is 0 Å². The number of carbonyl (C=O) groups is 1. The number of aromatic nitrogens is 1. The number of rotatable bonds is 7. The summed E-state index contributed by atoms with van der Waals surface area (Å²) >= 11 is 1.66. The lowest BCUT2D eigenvalue weighted by atomic mass is 10.1. The smallest absolute Gasteiger partial charge is 0.253 e. The van der Waals surface area contributed by atoms with Gasteiger partial charge in [-0.1, -0.05) is 12.1 Å². The molecule has 0 aliphatic rings. The first kappa shape index (κ1) is 24.4. The monoisotopic (exact) mass is 515 g/mol. The second-order valence-corrected chi connectivity index (χ2v) is 7.35. The van der Waals surface area contributed by atoms with E-state index in [9.17, 15) is 4.79 Å². The molecule has 0 aliphatic heterocycles. The summed E-state index contributed by atoms with van der Waals surface area (Å²) in [7, 11) is 3.77. The molecule has 0 aliphatic carbocycles. The highest BCUT2D eigenvalue weighted by Gasteiger charge is 2.12. The zero-order valence-electron chi connectivity index (χ0n) is 17.2. The Morgan fingerprint density at radius 2 is 1.86 bits per heavy atom. The number of carbonyl (C=O) groups excluding carboxylic acids is 1. The third-order valence-electron chi connectivity index (χ3n) is 4.34. The minimum Gasteiger partial charge on any atom is -0.352 e. The molecule has 1 N–H and O–H groups in total. The van der Waals surface area contributed by atoms with Gasteiger partial charge in [0.2, 0.25) is 0 Å². The standard InChI is InChI=1S/C20H29N5OS.HI/c1-6-25(7-2)19(26)17-10-8-16(9-11-17)12-22-20(21-4)24(5)13-18-14-27-15(3)23-18;/h8-11,14H,6-7,12-13H2,1-5H3,(H,21,22);1H. The fourth-order valence-electron chi connectivity index (χ4n) is 2.82. The van der Waals surface area contributed by atoms with E-state index in [0.717, 1.165) is 40.9 Å². The molecule has 0 saturated heterocycles. The zero-order chi connectivity index (χ0) is 19.8. The Kier molecular flexibility index (Phi) is 10.4. The minimum atomic E-state index is 0. The van der Waals surface area contributed by atoms with Crippen LogP contribution in [-0.2, 0) is 13.1 Å². The highest BCUT2D eigenvalue weighted by molar-refractivity contribution is 14.0. The number of nitrogens with zero attached hydrogens (tertiary/aromatic N) is 4. The molecular weight excluding hydrogens is 485 g/mol. The Hall–Kier alpha value is -1.68. The summed E-state index contributed by atoms with van der Waals surface area (Å²) in [4.78, 5) is 25.1. The van der Waals surface area contributed by atoms with Crippen LogP contribution in [0.3, 0.4) is 0 Å². The van der Waals surface area contributed by atoms with E-state index in [0.29, 0.717) is 13.1 Å². The number of nitrogens with one attached hydrogen (secondary N) is 1. The van der Waals surface area contributed by atoms with Crippen molar-refractivity contribution in [3.63, 3.8) is 0 Å². The van der Waals surface area contributed by atoms with E-state index in [1.54, 1.807) is 18.4 Å². The molecule has 0 fully saturated rings. The second-order valence-electron chi connectivity index (χ2n) is 6.29. The molecule has 2 rings (SSSR count). The van der Waals surface area contributed by atoms with Gasteiger partial charge < -0.3 is 15.1 Å². The van der Waals surface area contributed by atoms with E-state index in [1.807, 2.05) is 61.9 Å². The van der Waals surface area contributed by atoms with Crippen LogP contribution >= 0.6 is 35.3 Å². The molecule has 8 heteroatoms. The normalized spacial score (nSPS) is 11.0. The molecule has 0 unspecified atom stereocenters. The van der Waals surface area contributed by atoms with E-state index < -0.39 is 0 Å². The summed E-state index contributed by atoms with van der Waals surface area (Å²) in [5.74, 6) is 0.887. The van der Waals surface area contributed by atoms with Crippen LogP contribution in [0.4, 0.5) is 0 Å². The topological polar surface area (TPSA) is 60.8 Å². The van der Waals surface area contributed by atoms with Crippen LogP contribution in [0.2, 0.25) is 0 Å². The molecular formula is C20H30IN5OS. The van der Waals surface area contributed by atoms with Gasteiger partial charge in [-0.25, -0.2) is 4.98 Å². The van der Waals surface area contributed by atoms with Crippen molar-refractivity contribution in [3.8, 4) is 0 Å². The molecule has 0 bridgehead atoms. The first-order chi connectivity index (χ1) is 13.0. The fraction of sp³-hybridized carbons (Fsp3) is 0.450. The van der Waals surface area contributed by atoms with Crippen LogP contribution in [0.15, 0.2) is 34.6 Å². The molecule has 1 amide bonds. The number of hydrogen-bond acceptors (Lipinski definition) is 4. The lowest BCUT2D eigenvalue weighted by Gasteiger charge is -2.21. The fourth-order valence-corrected chi connectivity index (χ4v) is 3.43. The van der Waals surface area contributed by atoms with Crippen LogP contribution in [0.5, 0.6) is 0 Å². The lowest BCUT2D eigenvalue weighted by Crippen LogP contribution is -2.38. The van der Waals surface area contributed by atoms with Crippen molar-refractivity contribution in [2.24, 2.45) is 4.99 Å². The molecule has 0 spiro atoms. The van der Waals surface area contributed by atoms with Gasteiger partial charge in [0.1, 0.15) is 0 Å². The number of benzene rings is 1. The zero-order valence-corrected chi connectivity index (χ0v) is 20.4. The van der Waals surface area contributed by atoms with Crippen molar-refractivity contribution in [1.29, 1.82) is 0 Å². The van der Waals surface area contributed by atoms with E-state index in [4.69, 9.17) is 0 Å². The highest BCUT2D eigenvalue weighted by Crippen LogP contribution is 2.11. The summed E-state index contributed by atoms with van der Waals surface area (Å²) in [5.41, 5.74) is 2.87. The molecule has 0 radical (unpaired) electrons. The van der Waals surface area contributed by atoms with Crippen molar-refractivity contribution in [2.75, 3.05) is 27.2 Å². The number of hydrogen-bond donors (Lipinski definition) is 1. The van der Waals surface area contributed by atoms with Gasteiger partial charge in [0.25, 0.3) is 5.91 Å². The molecule has 2 aromatic rings. The molecule has 1 aromatic heterocycles. The predicted molar refractivity (Wildman–Crippen MR) is 128 cm³/mol. The molecule has 1 aromatic carbocycles. The predicted octanol–water partition coefficient (Wildman–Crippen LogP) is 3.76. The Bertz CT molecular complexity index is 771. The Labute approximate surface area is 189 Å². The Balaban J connectivity index is 0.00000392. The van der Waals surface area contributed by atoms with Crippen molar-refractivity contribution in [3.05, 3.63) is 51.5 Å². The average molecular weight is 515 g/mol. The maximum absolute atomic E-state index is 12.4. The van der Waals surface area contributed by atoms with Crippen molar-refractivity contribution in [2.45, 2.75) is 33.9 Å². The van der Waals surface area contributed by atoms with Crippen molar-refractivity contribution in [1.82, 2.24) is 20.1 Å². The summed E-state index contributed by atoms with van der Waals surface area (Å²) in [6, 6.07) is 7.76. The van der Waals surface area contributed by atoms with Crippen LogP contribution in [0.25, 0.3) is 0 Å². The van der Waals surface area contributed by atoms with Gasteiger partial charge in [0.05, 0.1) is 17.2 Å². The van der Waals surface area contributed by atoms with Gasteiger partial charge in [0, 0.05) is 44.7 Å². The van der Waals surface area contributed by atoms with E-state index in [2.05, 4.69) is 20.7 Å². The molecule has 6 nitrogen and oxygen atoms in total. The summed E-state index contributed by atoms with van der Waals surface area (Å²) < 4.78 is 0. The number of halogens is 1. The molecule has 28 heavy (non-hydrogen) atoms. The maximum Gasteiger partial charge on any atom is 0.253 e. The first-order valence-electron chi connectivity index (χ1n) is 9.19. The number of guanidine groups is 1. The van der Waals surface area contributed by atoms with E-state index >= 15 is 0 Å². The average Bonchev–Trinajstić information content (AvgIpc) is 3.08. The largest absolute Gasteiger partial charge is 0.352 e. The number of amides is 1. The van der Waals surface area contributed by atoms with Gasteiger partial charge in [-0.15, -0.1) is 35.3 Å². The number of aryl methyl sites for hydroxylation is 1. The highest BCUT2D eigenvalue weighted by atomic mass is 127. The Morgan fingerprint density at radius 1 is 1.21 bits per heavy atom. The van der Waals surface area contributed by atoms with Crippen LogP contribution in [0, 0.1) is 6.92 Å². The van der Waals surface area contributed by atoms with E-state index in [-0.39, 0.29) is 29.9 Å². The second kappa shape index (κ2) is 12.0. The summed E-state index contributed by atoms with van der Waals surface area (Å²) in [6.07, 6.45) is 0. The minimum absolute atomic E-state index is 0. The summed E-state index contributed by atoms with van der Waals surface area (Å²) in [5, 5.41) is 6.51. The van der Waals surface area contributed by atoms with Crippen LogP contribution in [0.1, 0.15) is 40.5 Å². The third kappa shape index (κ3) is 6.73. The molecule has 0 atom stereocenters. The molecule has 0 saturated carbocycles. The van der Waals surface area contributed by atoms with Gasteiger partial charge >= 0.3 is 0 Å².